The van der Waals surface area contributed by atoms with Crippen LogP contribution in [0.2, 0.25) is 5.02 Å². The Morgan fingerprint density at radius 3 is 2.65 bits per heavy atom. The van der Waals surface area contributed by atoms with Gasteiger partial charge in [0.2, 0.25) is 5.91 Å². The summed E-state index contributed by atoms with van der Waals surface area (Å²) in [6.45, 7) is 8.09. The predicted octanol–water partition coefficient (Wildman–Crippen LogP) is 5.55. The molecule has 0 radical (unpaired) electrons. The molecule has 1 heterocycles. The number of fused-ring (bicyclic) bond motifs is 1. The molecule has 5 heteroatoms. The normalized spacial score (nSPS) is 19.2. The van der Waals surface area contributed by atoms with Crippen molar-refractivity contribution in [3.05, 3.63) is 58.6 Å². The Labute approximate surface area is 164 Å². The van der Waals surface area contributed by atoms with Crippen LogP contribution in [0.4, 0.5) is 0 Å². The monoisotopic (exact) mass is 389 g/mol. The lowest BCUT2D eigenvalue weighted by atomic mass is 9.89. The third-order valence-corrected chi connectivity index (χ3v) is 5.80. The molecule has 0 saturated heterocycles. The van der Waals surface area contributed by atoms with E-state index in [1.54, 1.807) is 0 Å². The fourth-order valence-electron chi connectivity index (χ4n) is 3.16. The van der Waals surface area contributed by atoms with Gasteiger partial charge >= 0.3 is 0 Å². The molecule has 2 aromatic carbocycles. The molecule has 0 bridgehead atoms. The van der Waals surface area contributed by atoms with Gasteiger partial charge in [-0.2, -0.15) is 0 Å². The fourth-order valence-corrected chi connectivity index (χ4v) is 4.17. The molecule has 1 aliphatic heterocycles. The van der Waals surface area contributed by atoms with Gasteiger partial charge in [-0.15, -0.1) is 11.8 Å². The van der Waals surface area contributed by atoms with Crippen LogP contribution < -0.4 is 10.1 Å². The average Bonchev–Trinajstić information content (AvgIpc) is 2.57. The van der Waals surface area contributed by atoms with Gasteiger partial charge < -0.3 is 10.1 Å². The summed E-state index contributed by atoms with van der Waals surface area (Å²) in [6.07, 6.45) is 0.744. The van der Waals surface area contributed by atoms with Gasteiger partial charge in [-0.25, -0.2) is 0 Å². The molecule has 0 fully saturated rings. The van der Waals surface area contributed by atoms with Crippen molar-refractivity contribution < 1.29 is 9.53 Å². The van der Waals surface area contributed by atoms with Crippen LogP contribution >= 0.6 is 23.4 Å². The quantitative estimate of drug-likeness (QED) is 0.697. The summed E-state index contributed by atoms with van der Waals surface area (Å²) >= 11 is 7.46. The SMILES string of the molecule is Cc1ccc2c(c1)[C@H](NC(=O)[C@@H](C)Sc1ccc(Cl)cc1)CC(C)(C)O2. The van der Waals surface area contributed by atoms with E-state index in [2.05, 4.69) is 32.2 Å². The lowest BCUT2D eigenvalue weighted by Gasteiger charge is -2.38. The van der Waals surface area contributed by atoms with E-state index in [0.717, 1.165) is 28.2 Å². The molecule has 0 aromatic heterocycles. The van der Waals surface area contributed by atoms with Crippen LogP contribution in [0.25, 0.3) is 0 Å². The smallest absolute Gasteiger partial charge is 0.233 e. The molecule has 0 unspecified atom stereocenters. The highest BCUT2D eigenvalue weighted by molar-refractivity contribution is 8.00. The van der Waals surface area contributed by atoms with E-state index in [-0.39, 0.29) is 22.8 Å². The minimum atomic E-state index is -0.313. The van der Waals surface area contributed by atoms with Crippen LogP contribution in [0.1, 0.15) is 44.4 Å². The minimum absolute atomic E-state index is 0.0279. The van der Waals surface area contributed by atoms with Crippen molar-refractivity contribution >= 4 is 29.3 Å². The maximum Gasteiger partial charge on any atom is 0.233 e. The van der Waals surface area contributed by atoms with Gasteiger partial charge in [0.1, 0.15) is 11.4 Å². The Morgan fingerprint density at radius 1 is 1.27 bits per heavy atom. The van der Waals surface area contributed by atoms with Crippen molar-refractivity contribution in [3.63, 3.8) is 0 Å². The lowest BCUT2D eigenvalue weighted by molar-refractivity contribution is -0.121. The predicted molar refractivity (Wildman–Crippen MR) is 108 cm³/mol. The van der Waals surface area contributed by atoms with Crippen molar-refractivity contribution in [1.29, 1.82) is 0 Å². The number of carbonyl (C=O) groups is 1. The van der Waals surface area contributed by atoms with Crippen molar-refractivity contribution in [1.82, 2.24) is 5.32 Å². The Kier molecular flexibility index (Phi) is 5.54. The Morgan fingerprint density at radius 2 is 1.96 bits per heavy atom. The van der Waals surface area contributed by atoms with Gasteiger partial charge in [0.25, 0.3) is 0 Å². The van der Waals surface area contributed by atoms with E-state index >= 15 is 0 Å². The van der Waals surface area contributed by atoms with E-state index in [1.807, 2.05) is 43.3 Å². The standard InChI is InChI=1S/C21H24ClNO2S/c1-13-5-10-19-17(11-13)18(12-21(3,4)25-19)23-20(24)14(2)26-16-8-6-15(22)7-9-16/h5-11,14,18H,12H2,1-4H3,(H,23,24)/t14-,18-/m1/s1. The first-order valence-electron chi connectivity index (χ1n) is 8.76. The molecule has 3 nitrogen and oxygen atoms in total. The number of nitrogens with one attached hydrogen (secondary N) is 1. The highest BCUT2D eigenvalue weighted by Crippen LogP contribution is 2.40. The average molecular weight is 390 g/mol. The molecule has 0 spiro atoms. The molecule has 0 aliphatic carbocycles. The Bertz CT molecular complexity index is 804. The second-order valence-corrected chi connectivity index (χ2v) is 9.23. The van der Waals surface area contributed by atoms with Gasteiger partial charge in [0.05, 0.1) is 11.3 Å². The number of thioether (sulfide) groups is 1. The first-order chi connectivity index (χ1) is 12.2. The molecule has 0 saturated carbocycles. The number of hydrogen-bond acceptors (Lipinski definition) is 3. The number of hydrogen-bond donors (Lipinski definition) is 1. The van der Waals surface area contributed by atoms with Crippen LogP contribution in [0.3, 0.4) is 0 Å². The second kappa shape index (κ2) is 7.53. The van der Waals surface area contributed by atoms with Gasteiger partial charge in [-0.3, -0.25) is 4.79 Å². The zero-order valence-electron chi connectivity index (χ0n) is 15.5. The van der Waals surface area contributed by atoms with E-state index < -0.39 is 0 Å². The summed E-state index contributed by atoms with van der Waals surface area (Å²) in [5, 5.41) is 3.72. The number of rotatable bonds is 4. The zero-order chi connectivity index (χ0) is 18.9. The number of aryl methyl sites for hydroxylation is 1. The fraction of sp³-hybridized carbons (Fsp3) is 0.381. The van der Waals surface area contributed by atoms with Crippen molar-refractivity contribution in [2.75, 3.05) is 0 Å². The van der Waals surface area contributed by atoms with E-state index in [1.165, 1.54) is 11.8 Å². The van der Waals surface area contributed by atoms with Gasteiger partial charge in [-0.1, -0.05) is 29.3 Å². The van der Waals surface area contributed by atoms with Gasteiger partial charge in [-0.05, 0) is 58.0 Å². The van der Waals surface area contributed by atoms with Crippen molar-refractivity contribution in [2.45, 2.75) is 55.9 Å². The maximum absolute atomic E-state index is 12.8. The van der Waals surface area contributed by atoms with Crippen molar-refractivity contribution in [3.8, 4) is 5.75 Å². The molecule has 2 atom stereocenters. The third-order valence-electron chi connectivity index (χ3n) is 4.43. The highest BCUT2D eigenvalue weighted by Gasteiger charge is 2.35. The molecule has 1 aliphatic rings. The number of carbonyl (C=O) groups excluding carboxylic acids is 1. The first-order valence-corrected chi connectivity index (χ1v) is 10.0. The summed E-state index contributed by atoms with van der Waals surface area (Å²) in [5.41, 5.74) is 1.91. The van der Waals surface area contributed by atoms with Crippen LogP contribution in [0.15, 0.2) is 47.4 Å². The van der Waals surface area contributed by atoms with Crippen LogP contribution in [0, 0.1) is 6.92 Å². The largest absolute Gasteiger partial charge is 0.487 e. The van der Waals surface area contributed by atoms with E-state index in [0.29, 0.717) is 5.02 Å². The summed E-state index contributed by atoms with van der Waals surface area (Å²) in [5.74, 6) is 0.885. The molecular weight excluding hydrogens is 366 g/mol. The second-order valence-electron chi connectivity index (χ2n) is 7.38. The van der Waals surface area contributed by atoms with Gasteiger partial charge in [0.15, 0.2) is 0 Å². The third kappa shape index (κ3) is 4.54. The van der Waals surface area contributed by atoms with Crippen molar-refractivity contribution in [2.24, 2.45) is 0 Å². The molecule has 26 heavy (non-hydrogen) atoms. The Balaban J connectivity index is 1.74. The highest BCUT2D eigenvalue weighted by atomic mass is 35.5. The molecule has 2 aromatic rings. The Hall–Kier alpha value is -1.65. The van der Waals surface area contributed by atoms with Gasteiger partial charge in [0, 0.05) is 21.9 Å². The van der Waals surface area contributed by atoms with Crippen LogP contribution in [0.5, 0.6) is 5.75 Å². The number of amides is 1. The summed E-state index contributed by atoms with van der Waals surface area (Å²) in [7, 11) is 0. The van der Waals surface area contributed by atoms with Crippen LogP contribution in [-0.4, -0.2) is 16.8 Å². The van der Waals surface area contributed by atoms with E-state index in [4.69, 9.17) is 16.3 Å². The van der Waals surface area contributed by atoms with E-state index in [9.17, 15) is 4.79 Å². The van der Waals surface area contributed by atoms with Crippen LogP contribution in [-0.2, 0) is 4.79 Å². The molecular formula is C21H24ClNO2S. The summed E-state index contributed by atoms with van der Waals surface area (Å²) in [4.78, 5) is 13.8. The number of ether oxygens (including phenoxy) is 1. The first kappa shape index (κ1) is 19.1. The molecule has 3 rings (SSSR count). The molecule has 1 N–H and O–H groups in total. The summed E-state index contributed by atoms with van der Waals surface area (Å²) in [6, 6.07) is 13.7. The summed E-state index contributed by atoms with van der Waals surface area (Å²) < 4.78 is 6.08. The molecule has 138 valence electrons. The number of halogens is 1. The minimum Gasteiger partial charge on any atom is -0.487 e. The lowest BCUT2D eigenvalue weighted by Crippen LogP contribution is -2.43. The molecule has 1 amide bonds. The topological polar surface area (TPSA) is 38.3 Å². The zero-order valence-corrected chi connectivity index (χ0v) is 17.1. The maximum atomic E-state index is 12.8. The number of benzene rings is 2.